The molecule has 0 aliphatic rings. The molecule has 3 heteroatoms. The molecule has 0 saturated carbocycles. The Morgan fingerprint density at radius 2 is 1.91 bits per heavy atom. The third kappa shape index (κ3) is 1.55. The number of aryl methyl sites for hydroxylation is 1. The van der Waals surface area contributed by atoms with E-state index in [1.54, 1.807) is 12.1 Å². The number of aldehydes is 1. The van der Waals surface area contributed by atoms with Crippen LogP contribution in [0.5, 0.6) is 0 Å². The molecular formula is C8H6Cl2O. The average molecular weight is 189 g/mol. The number of carbonyl (C=O) groups excluding carboxylic acids is 1. The highest BCUT2D eigenvalue weighted by molar-refractivity contribution is 6.43. The van der Waals surface area contributed by atoms with E-state index in [4.69, 9.17) is 23.2 Å². The molecule has 0 aromatic heterocycles. The topological polar surface area (TPSA) is 17.1 Å². The minimum Gasteiger partial charge on any atom is -0.298 e. The Labute approximate surface area is 74.9 Å². The van der Waals surface area contributed by atoms with Crippen molar-refractivity contribution in [1.29, 1.82) is 0 Å². The van der Waals surface area contributed by atoms with Crippen molar-refractivity contribution in [3.05, 3.63) is 33.3 Å². The first-order chi connectivity index (χ1) is 5.16. The van der Waals surface area contributed by atoms with Crippen molar-refractivity contribution in [3.63, 3.8) is 0 Å². The van der Waals surface area contributed by atoms with E-state index in [1.165, 1.54) is 0 Å². The number of benzene rings is 1. The minimum absolute atomic E-state index is 0.335. The molecule has 0 N–H and O–H groups in total. The number of hydrogen-bond donors (Lipinski definition) is 0. The maximum Gasteiger partial charge on any atom is 0.151 e. The third-order valence-corrected chi connectivity index (χ3v) is 2.42. The summed E-state index contributed by atoms with van der Waals surface area (Å²) in [6.45, 7) is 1.84. The van der Waals surface area contributed by atoms with Gasteiger partial charge in [-0.15, -0.1) is 0 Å². The van der Waals surface area contributed by atoms with Gasteiger partial charge in [-0.3, -0.25) is 4.79 Å². The fraction of sp³-hybridized carbons (Fsp3) is 0.125. The van der Waals surface area contributed by atoms with Crippen LogP contribution < -0.4 is 0 Å². The van der Waals surface area contributed by atoms with E-state index in [2.05, 4.69) is 0 Å². The summed E-state index contributed by atoms with van der Waals surface area (Å²) in [5, 5.41) is 0.790. The first-order valence-corrected chi connectivity index (χ1v) is 3.82. The summed E-state index contributed by atoms with van der Waals surface area (Å²) in [6.07, 6.45) is 0.688. The molecule has 0 amide bonds. The lowest BCUT2D eigenvalue weighted by Gasteiger charge is -2.01. The first-order valence-electron chi connectivity index (χ1n) is 3.06. The Morgan fingerprint density at radius 1 is 1.27 bits per heavy atom. The van der Waals surface area contributed by atoms with Crippen molar-refractivity contribution in [1.82, 2.24) is 0 Å². The van der Waals surface area contributed by atoms with Crippen molar-refractivity contribution < 1.29 is 4.79 Å². The standard InChI is InChI=1S/C8H6Cl2O/c1-5-2-3-6(4-11)8(10)7(5)9/h2-4H,1H3. The molecule has 0 heterocycles. The lowest BCUT2D eigenvalue weighted by molar-refractivity contribution is 0.112. The zero-order chi connectivity index (χ0) is 8.43. The Kier molecular flexibility index (Phi) is 2.53. The summed E-state index contributed by atoms with van der Waals surface area (Å²) in [7, 11) is 0. The zero-order valence-corrected chi connectivity index (χ0v) is 7.41. The molecule has 0 saturated heterocycles. The SMILES string of the molecule is Cc1ccc(C=O)c(Cl)c1Cl. The van der Waals surface area contributed by atoms with Crippen LogP contribution in [0.3, 0.4) is 0 Å². The molecule has 1 nitrogen and oxygen atoms in total. The lowest BCUT2D eigenvalue weighted by atomic mass is 10.2. The molecule has 1 aromatic carbocycles. The quantitative estimate of drug-likeness (QED) is 0.620. The fourth-order valence-corrected chi connectivity index (χ4v) is 1.18. The van der Waals surface area contributed by atoms with Gasteiger partial charge in [0.25, 0.3) is 0 Å². The van der Waals surface area contributed by atoms with Crippen LogP contribution in [-0.4, -0.2) is 6.29 Å². The maximum absolute atomic E-state index is 10.3. The van der Waals surface area contributed by atoms with Crippen LogP contribution in [0.4, 0.5) is 0 Å². The molecule has 0 aliphatic carbocycles. The molecule has 0 spiro atoms. The van der Waals surface area contributed by atoms with Crippen LogP contribution in [0.15, 0.2) is 12.1 Å². The molecule has 58 valence electrons. The van der Waals surface area contributed by atoms with E-state index in [9.17, 15) is 4.79 Å². The summed E-state index contributed by atoms with van der Waals surface area (Å²) < 4.78 is 0. The number of rotatable bonds is 1. The summed E-state index contributed by atoms with van der Waals surface area (Å²) >= 11 is 11.5. The van der Waals surface area contributed by atoms with E-state index in [0.29, 0.717) is 21.9 Å². The van der Waals surface area contributed by atoms with Crippen molar-refractivity contribution in [3.8, 4) is 0 Å². The average Bonchev–Trinajstić information content (AvgIpc) is 2.01. The van der Waals surface area contributed by atoms with Gasteiger partial charge in [0.2, 0.25) is 0 Å². The Hall–Kier alpha value is -0.530. The van der Waals surface area contributed by atoms with Crippen LogP contribution in [0.1, 0.15) is 15.9 Å². The van der Waals surface area contributed by atoms with Crippen LogP contribution in [0, 0.1) is 6.92 Å². The van der Waals surface area contributed by atoms with Crippen molar-refractivity contribution in [2.45, 2.75) is 6.92 Å². The highest BCUT2D eigenvalue weighted by atomic mass is 35.5. The zero-order valence-electron chi connectivity index (χ0n) is 5.90. The molecule has 1 rings (SSSR count). The van der Waals surface area contributed by atoms with Crippen molar-refractivity contribution >= 4 is 29.5 Å². The van der Waals surface area contributed by atoms with Crippen molar-refractivity contribution in [2.75, 3.05) is 0 Å². The first kappa shape index (κ1) is 8.57. The van der Waals surface area contributed by atoms with E-state index < -0.39 is 0 Å². The summed E-state index contributed by atoms with van der Waals surface area (Å²) in [5.41, 5.74) is 1.31. The van der Waals surface area contributed by atoms with Crippen LogP contribution in [-0.2, 0) is 0 Å². The normalized spacial score (nSPS) is 9.73. The highest BCUT2D eigenvalue weighted by Crippen LogP contribution is 2.27. The second-order valence-electron chi connectivity index (χ2n) is 2.22. The third-order valence-electron chi connectivity index (χ3n) is 1.43. The predicted octanol–water partition coefficient (Wildman–Crippen LogP) is 3.11. The van der Waals surface area contributed by atoms with E-state index in [1.807, 2.05) is 6.92 Å². The van der Waals surface area contributed by atoms with E-state index in [-0.39, 0.29) is 0 Å². The Morgan fingerprint density at radius 3 is 2.45 bits per heavy atom. The summed E-state index contributed by atoms with van der Waals surface area (Å²) in [5.74, 6) is 0. The Bertz CT molecular complexity index is 294. The number of halogens is 2. The summed E-state index contributed by atoms with van der Waals surface area (Å²) in [4.78, 5) is 10.3. The van der Waals surface area contributed by atoms with Gasteiger partial charge >= 0.3 is 0 Å². The van der Waals surface area contributed by atoms with Crippen LogP contribution in [0.25, 0.3) is 0 Å². The summed E-state index contributed by atoms with van der Waals surface area (Å²) in [6, 6.07) is 3.41. The van der Waals surface area contributed by atoms with Gasteiger partial charge in [-0.25, -0.2) is 0 Å². The largest absolute Gasteiger partial charge is 0.298 e. The molecular weight excluding hydrogens is 183 g/mol. The molecule has 0 aliphatic heterocycles. The second-order valence-corrected chi connectivity index (χ2v) is 2.97. The smallest absolute Gasteiger partial charge is 0.151 e. The Balaban J connectivity index is 3.36. The molecule has 0 radical (unpaired) electrons. The van der Waals surface area contributed by atoms with Gasteiger partial charge in [-0.2, -0.15) is 0 Å². The van der Waals surface area contributed by atoms with Gasteiger partial charge in [0, 0.05) is 5.56 Å². The molecule has 0 atom stereocenters. The minimum atomic E-state index is 0.335. The van der Waals surface area contributed by atoms with Gasteiger partial charge in [0.05, 0.1) is 10.0 Å². The molecule has 0 unspecified atom stereocenters. The predicted molar refractivity (Wildman–Crippen MR) is 46.6 cm³/mol. The molecule has 0 fully saturated rings. The maximum atomic E-state index is 10.3. The van der Waals surface area contributed by atoms with Crippen LogP contribution in [0.2, 0.25) is 10.0 Å². The van der Waals surface area contributed by atoms with Gasteiger partial charge in [-0.05, 0) is 18.6 Å². The van der Waals surface area contributed by atoms with Crippen molar-refractivity contribution in [2.24, 2.45) is 0 Å². The van der Waals surface area contributed by atoms with Gasteiger partial charge in [0.1, 0.15) is 0 Å². The van der Waals surface area contributed by atoms with E-state index in [0.717, 1.165) is 5.56 Å². The van der Waals surface area contributed by atoms with Crippen LogP contribution >= 0.6 is 23.2 Å². The second kappa shape index (κ2) is 3.24. The monoisotopic (exact) mass is 188 g/mol. The number of hydrogen-bond acceptors (Lipinski definition) is 1. The van der Waals surface area contributed by atoms with Gasteiger partial charge < -0.3 is 0 Å². The van der Waals surface area contributed by atoms with Gasteiger partial charge in [-0.1, -0.05) is 29.3 Å². The highest BCUT2D eigenvalue weighted by Gasteiger charge is 2.05. The lowest BCUT2D eigenvalue weighted by Crippen LogP contribution is -1.84. The molecule has 11 heavy (non-hydrogen) atoms. The number of carbonyl (C=O) groups is 1. The fourth-order valence-electron chi connectivity index (χ4n) is 0.752. The molecule has 1 aromatic rings. The van der Waals surface area contributed by atoms with Gasteiger partial charge in [0.15, 0.2) is 6.29 Å². The van der Waals surface area contributed by atoms with E-state index >= 15 is 0 Å². The molecule has 0 bridgehead atoms.